The predicted molar refractivity (Wildman–Crippen MR) is 153 cm³/mol. The number of rotatable bonds is 8. The molecule has 2 aromatic rings. The van der Waals surface area contributed by atoms with Crippen molar-refractivity contribution in [1.29, 1.82) is 0 Å². The van der Waals surface area contributed by atoms with Crippen molar-refractivity contribution in [2.24, 2.45) is 4.99 Å². The molecule has 0 aromatic heterocycles. The highest BCUT2D eigenvalue weighted by Crippen LogP contribution is 2.35. The summed E-state index contributed by atoms with van der Waals surface area (Å²) >= 11 is 0. The van der Waals surface area contributed by atoms with E-state index in [9.17, 15) is 27.6 Å². The van der Waals surface area contributed by atoms with E-state index in [4.69, 9.17) is 14.6 Å². The zero-order chi connectivity index (χ0) is 32.1. The van der Waals surface area contributed by atoms with Crippen molar-refractivity contribution in [3.63, 3.8) is 0 Å². The number of hydrogen-bond donors (Lipinski definition) is 2. The van der Waals surface area contributed by atoms with E-state index in [2.05, 4.69) is 15.0 Å². The summed E-state index contributed by atoms with van der Waals surface area (Å²) < 4.78 is 53.3. The van der Waals surface area contributed by atoms with Crippen molar-refractivity contribution < 1.29 is 46.9 Å². The Morgan fingerprint density at radius 2 is 1.66 bits per heavy atom. The standard InChI is InChI=1S/C30H35F3N4O7/c1-29(2,3)44-28(41)36-16-13-22(14-17-36)37-24(19-4-6-20(7-5-19)26(40)34-15-12-25(38)39)18-42-27(37)35-21-8-10-23(11-9-21)43-30(31,32)33/h4-11,22,24H,12-18H2,1-3H3,(H,34,40)(H,38,39)/b35-27-. The predicted octanol–water partition coefficient (Wildman–Crippen LogP) is 5.25. The third-order valence-electron chi connectivity index (χ3n) is 6.91. The molecule has 1 atom stereocenters. The minimum atomic E-state index is -4.81. The van der Waals surface area contributed by atoms with Crippen molar-refractivity contribution in [1.82, 2.24) is 15.1 Å². The summed E-state index contributed by atoms with van der Waals surface area (Å²) in [4.78, 5) is 44.0. The zero-order valence-corrected chi connectivity index (χ0v) is 24.6. The van der Waals surface area contributed by atoms with Gasteiger partial charge in [-0.25, -0.2) is 4.79 Å². The second kappa shape index (κ2) is 13.4. The fraction of sp³-hybridized carbons (Fsp3) is 0.467. The maximum atomic E-state index is 12.6. The summed E-state index contributed by atoms with van der Waals surface area (Å²) in [6.45, 7) is 6.53. The molecule has 11 nitrogen and oxygen atoms in total. The van der Waals surface area contributed by atoms with Crippen LogP contribution < -0.4 is 10.1 Å². The number of carbonyl (C=O) groups is 3. The normalized spacial score (nSPS) is 18.6. The molecule has 0 spiro atoms. The SMILES string of the molecule is CC(C)(C)OC(=O)N1CCC(N2/C(=N/c3ccc(OC(F)(F)F)cc3)OCC2c2ccc(C(=O)NCCC(=O)O)cc2)CC1. The molecule has 2 aromatic carbocycles. The number of carbonyl (C=O) groups excluding carboxylic acids is 2. The Bertz CT molecular complexity index is 1350. The van der Waals surface area contributed by atoms with Crippen LogP contribution in [0.25, 0.3) is 0 Å². The number of piperidine rings is 1. The van der Waals surface area contributed by atoms with Gasteiger partial charge in [0.15, 0.2) is 0 Å². The highest BCUT2D eigenvalue weighted by molar-refractivity contribution is 5.94. The third-order valence-corrected chi connectivity index (χ3v) is 6.91. The maximum Gasteiger partial charge on any atom is 0.573 e. The van der Waals surface area contributed by atoms with Crippen LogP contribution >= 0.6 is 0 Å². The second-order valence-corrected chi connectivity index (χ2v) is 11.4. The van der Waals surface area contributed by atoms with E-state index in [0.29, 0.717) is 37.2 Å². The molecule has 0 aliphatic carbocycles. The molecule has 14 heteroatoms. The summed E-state index contributed by atoms with van der Waals surface area (Å²) in [7, 11) is 0. The number of halogens is 3. The minimum Gasteiger partial charge on any atom is -0.481 e. The smallest absolute Gasteiger partial charge is 0.481 e. The van der Waals surface area contributed by atoms with Gasteiger partial charge in [-0.05, 0) is 75.6 Å². The summed E-state index contributed by atoms with van der Waals surface area (Å²) in [6, 6.07) is 11.9. The molecule has 2 amide bonds. The quantitative estimate of drug-likeness (QED) is 0.410. The summed E-state index contributed by atoms with van der Waals surface area (Å²) in [5, 5.41) is 11.4. The molecule has 2 aliphatic heterocycles. The molecule has 0 bridgehead atoms. The number of amides is 2. The Kier molecular flexibility index (Phi) is 9.90. The first kappa shape index (κ1) is 32.4. The summed E-state index contributed by atoms with van der Waals surface area (Å²) in [5.74, 6) is -1.78. The topological polar surface area (TPSA) is 130 Å². The number of amidine groups is 1. The third kappa shape index (κ3) is 9.01. The van der Waals surface area contributed by atoms with Crippen LogP contribution in [0.1, 0.15) is 62.0 Å². The highest BCUT2D eigenvalue weighted by Gasteiger charge is 2.40. The van der Waals surface area contributed by atoms with Gasteiger partial charge < -0.3 is 34.4 Å². The summed E-state index contributed by atoms with van der Waals surface area (Å²) in [5.41, 5.74) is 0.938. The minimum absolute atomic E-state index is 0.00525. The van der Waals surface area contributed by atoms with Gasteiger partial charge >= 0.3 is 18.4 Å². The molecule has 2 aliphatic rings. The average Bonchev–Trinajstić information content (AvgIpc) is 3.35. The Labute approximate surface area is 252 Å². The van der Waals surface area contributed by atoms with Crippen LogP contribution in [0.2, 0.25) is 0 Å². The molecular weight excluding hydrogens is 585 g/mol. The molecule has 4 rings (SSSR count). The monoisotopic (exact) mass is 620 g/mol. The van der Waals surface area contributed by atoms with E-state index in [1.807, 2.05) is 4.90 Å². The molecule has 2 saturated heterocycles. The number of benzene rings is 2. The molecule has 1 unspecified atom stereocenters. The largest absolute Gasteiger partial charge is 0.573 e. The number of nitrogens with one attached hydrogen (secondary N) is 1. The van der Waals surface area contributed by atoms with Gasteiger partial charge in [-0.15, -0.1) is 13.2 Å². The number of carboxylic acid groups (broad SMARTS) is 1. The van der Waals surface area contributed by atoms with Gasteiger partial charge in [0.05, 0.1) is 18.2 Å². The van der Waals surface area contributed by atoms with E-state index >= 15 is 0 Å². The lowest BCUT2D eigenvalue weighted by molar-refractivity contribution is -0.274. The van der Waals surface area contributed by atoms with Gasteiger partial charge in [-0.3, -0.25) is 9.59 Å². The maximum absolute atomic E-state index is 12.6. The van der Waals surface area contributed by atoms with E-state index in [1.165, 1.54) is 24.3 Å². The van der Waals surface area contributed by atoms with E-state index < -0.39 is 29.9 Å². The fourth-order valence-electron chi connectivity index (χ4n) is 4.93. The van der Waals surface area contributed by atoms with Gasteiger partial charge in [0, 0.05) is 31.2 Å². The Morgan fingerprint density at radius 1 is 1.02 bits per heavy atom. The number of aliphatic carboxylic acids is 1. The molecule has 2 N–H and O–H groups in total. The first-order valence-electron chi connectivity index (χ1n) is 14.1. The van der Waals surface area contributed by atoms with Gasteiger partial charge in [0.1, 0.15) is 18.0 Å². The lowest BCUT2D eigenvalue weighted by Crippen LogP contribution is -2.49. The Morgan fingerprint density at radius 3 is 2.23 bits per heavy atom. The number of ether oxygens (including phenoxy) is 3. The van der Waals surface area contributed by atoms with Crippen LogP contribution in [0.3, 0.4) is 0 Å². The molecule has 2 heterocycles. The van der Waals surface area contributed by atoms with Crippen LogP contribution in [-0.4, -0.2) is 83.1 Å². The van der Waals surface area contributed by atoms with Crippen molar-refractivity contribution in [3.05, 3.63) is 59.7 Å². The zero-order valence-electron chi connectivity index (χ0n) is 24.6. The lowest BCUT2D eigenvalue weighted by Gasteiger charge is -2.39. The Hall–Kier alpha value is -4.49. The lowest BCUT2D eigenvalue weighted by atomic mass is 9.98. The second-order valence-electron chi connectivity index (χ2n) is 11.4. The molecule has 44 heavy (non-hydrogen) atoms. The van der Waals surface area contributed by atoms with Crippen molar-refractivity contribution >= 4 is 29.7 Å². The van der Waals surface area contributed by atoms with Gasteiger partial charge in [-0.2, -0.15) is 4.99 Å². The number of carboxylic acids is 1. The number of likely N-dealkylation sites (tertiary alicyclic amines) is 1. The number of alkyl halides is 3. The first-order valence-corrected chi connectivity index (χ1v) is 14.1. The molecule has 2 fully saturated rings. The van der Waals surface area contributed by atoms with E-state index in [0.717, 1.165) is 5.56 Å². The van der Waals surface area contributed by atoms with Gasteiger partial charge in [-0.1, -0.05) is 12.1 Å². The first-order chi connectivity index (χ1) is 20.7. The van der Waals surface area contributed by atoms with Crippen LogP contribution in [0.4, 0.5) is 23.7 Å². The van der Waals surface area contributed by atoms with Crippen LogP contribution in [-0.2, 0) is 14.3 Å². The van der Waals surface area contributed by atoms with Crippen molar-refractivity contribution in [3.8, 4) is 5.75 Å². The average molecular weight is 621 g/mol. The number of nitrogens with zero attached hydrogens (tertiary/aromatic N) is 3. The van der Waals surface area contributed by atoms with Crippen LogP contribution in [0, 0.1) is 0 Å². The number of hydrogen-bond acceptors (Lipinski definition) is 7. The molecule has 0 saturated carbocycles. The van der Waals surface area contributed by atoms with Crippen LogP contribution in [0.5, 0.6) is 5.75 Å². The van der Waals surface area contributed by atoms with E-state index in [-0.39, 0.29) is 43.4 Å². The summed E-state index contributed by atoms with van der Waals surface area (Å²) in [6.07, 6.45) is -4.22. The van der Waals surface area contributed by atoms with Crippen molar-refractivity contribution in [2.45, 2.75) is 64.1 Å². The Balaban J connectivity index is 1.54. The van der Waals surface area contributed by atoms with E-state index in [1.54, 1.807) is 49.9 Å². The van der Waals surface area contributed by atoms with Gasteiger partial charge in [0.25, 0.3) is 11.9 Å². The molecule has 0 radical (unpaired) electrons. The van der Waals surface area contributed by atoms with Crippen LogP contribution in [0.15, 0.2) is 53.5 Å². The van der Waals surface area contributed by atoms with Gasteiger partial charge in [0.2, 0.25) is 0 Å². The van der Waals surface area contributed by atoms with Crippen molar-refractivity contribution in [2.75, 3.05) is 26.2 Å². The fourth-order valence-corrected chi connectivity index (χ4v) is 4.93. The number of aliphatic imine (C=N–C) groups is 1. The molecule has 238 valence electrons. The molecular formula is C30H35F3N4O7. The highest BCUT2D eigenvalue weighted by atomic mass is 19.4.